The number of carbonyl (C=O) groups is 1. The summed E-state index contributed by atoms with van der Waals surface area (Å²) in [5.41, 5.74) is 6.11. The fourth-order valence-electron chi connectivity index (χ4n) is 1.17. The highest BCUT2D eigenvalue weighted by atomic mass is 16.2. The number of nitrogens with two attached hydrogens (primary N) is 1. The minimum atomic E-state index is -0.355. The zero-order chi connectivity index (χ0) is 12.1. The minimum absolute atomic E-state index is 0.0535. The van der Waals surface area contributed by atoms with Crippen molar-refractivity contribution in [2.45, 2.75) is 33.4 Å². The Labute approximate surface area is 95.2 Å². The summed E-state index contributed by atoms with van der Waals surface area (Å²) in [6.07, 6.45) is 1.69. The van der Waals surface area contributed by atoms with Gasteiger partial charge in [-0.2, -0.15) is 0 Å². The first kappa shape index (κ1) is 12.6. The summed E-state index contributed by atoms with van der Waals surface area (Å²) in [6.45, 7) is 6.88. The van der Waals surface area contributed by atoms with Crippen LogP contribution >= 0.6 is 0 Å². The first-order valence-electron chi connectivity index (χ1n) is 5.43. The Kier molecular flexibility index (Phi) is 4.42. The van der Waals surface area contributed by atoms with Crippen molar-refractivity contribution >= 4 is 5.91 Å². The largest absolute Gasteiger partial charge is 0.354 e. The topological polar surface area (TPSA) is 85.8 Å². The second-order valence-electron chi connectivity index (χ2n) is 4.21. The van der Waals surface area contributed by atoms with Crippen molar-refractivity contribution in [1.29, 1.82) is 0 Å². The van der Waals surface area contributed by atoms with E-state index in [2.05, 4.69) is 15.6 Å². The standard InChI is InChI=1S/C10H19N5O/c1-7(2)5-12-10(16)8(3)15-6-9(4-11)13-14-15/h6-8H,4-5,11H2,1-3H3,(H,12,16). The smallest absolute Gasteiger partial charge is 0.244 e. The van der Waals surface area contributed by atoms with E-state index in [1.165, 1.54) is 4.68 Å². The average molecular weight is 225 g/mol. The van der Waals surface area contributed by atoms with Crippen LogP contribution in [-0.4, -0.2) is 27.4 Å². The number of hydrogen-bond acceptors (Lipinski definition) is 4. The van der Waals surface area contributed by atoms with Gasteiger partial charge in [-0.3, -0.25) is 4.79 Å². The van der Waals surface area contributed by atoms with Crippen LogP contribution in [0.15, 0.2) is 6.20 Å². The van der Waals surface area contributed by atoms with Gasteiger partial charge in [-0.25, -0.2) is 4.68 Å². The van der Waals surface area contributed by atoms with Crippen LogP contribution in [0, 0.1) is 5.92 Å². The van der Waals surface area contributed by atoms with Crippen LogP contribution in [0.2, 0.25) is 0 Å². The van der Waals surface area contributed by atoms with Gasteiger partial charge in [-0.05, 0) is 12.8 Å². The number of nitrogens with zero attached hydrogens (tertiary/aromatic N) is 3. The highest BCUT2D eigenvalue weighted by Gasteiger charge is 2.16. The number of aromatic nitrogens is 3. The van der Waals surface area contributed by atoms with E-state index < -0.39 is 0 Å². The van der Waals surface area contributed by atoms with Crippen LogP contribution in [0.1, 0.15) is 32.5 Å². The molecule has 3 N–H and O–H groups in total. The maximum atomic E-state index is 11.7. The summed E-state index contributed by atoms with van der Waals surface area (Å²) >= 11 is 0. The molecule has 6 heteroatoms. The molecule has 0 spiro atoms. The van der Waals surface area contributed by atoms with Gasteiger partial charge in [0.1, 0.15) is 6.04 Å². The zero-order valence-electron chi connectivity index (χ0n) is 9.97. The third-order valence-corrected chi connectivity index (χ3v) is 2.23. The lowest BCUT2D eigenvalue weighted by atomic mass is 10.2. The summed E-state index contributed by atoms with van der Waals surface area (Å²) in [4.78, 5) is 11.7. The molecule has 0 saturated carbocycles. The summed E-state index contributed by atoms with van der Waals surface area (Å²) in [6, 6.07) is -0.355. The molecule has 0 bridgehead atoms. The molecule has 0 aliphatic heterocycles. The Bertz CT molecular complexity index is 347. The van der Waals surface area contributed by atoms with Crippen molar-refractivity contribution in [3.05, 3.63) is 11.9 Å². The van der Waals surface area contributed by atoms with Crippen LogP contribution in [-0.2, 0) is 11.3 Å². The molecular weight excluding hydrogens is 206 g/mol. The molecule has 0 aliphatic rings. The molecular formula is C10H19N5O. The lowest BCUT2D eigenvalue weighted by molar-refractivity contribution is -0.124. The van der Waals surface area contributed by atoms with E-state index in [-0.39, 0.29) is 11.9 Å². The fourth-order valence-corrected chi connectivity index (χ4v) is 1.17. The van der Waals surface area contributed by atoms with Crippen molar-refractivity contribution in [1.82, 2.24) is 20.3 Å². The van der Waals surface area contributed by atoms with Gasteiger partial charge in [0.15, 0.2) is 0 Å². The predicted octanol–water partition coefficient (Wildman–Crippen LogP) is 0.0700. The molecule has 1 heterocycles. The number of hydrogen-bond donors (Lipinski definition) is 2. The van der Waals surface area contributed by atoms with Gasteiger partial charge in [-0.15, -0.1) is 5.10 Å². The quantitative estimate of drug-likeness (QED) is 0.742. The molecule has 90 valence electrons. The first-order valence-corrected chi connectivity index (χ1v) is 5.43. The Morgan fingerprint density at radius 1 is 1.56 bits per heavy atom. The van der Waals surface area contributed by atoms with Crippen LogP contribution in [0.3, 0.4) is 0 Å². The molecule has 6 nitrogen and oxygen atoms in total. The van der Waals surface area contributed by atoms with E-state index >= 15 is 0 Å². The molecule has 1 atom stereocenters. The third kappa shape index (κ3) is 3.30. The van der Waals surface area contributed by atoms with Gasteiger partial charge in [-0.1, -0.05) is 19.1 Å². The van der Waals surface area contributed by atoms with E-state index in [9.17, 15) is 4.79 Å². The first-order chi connectivity index (χ1) is 7.54. The van der Waals surface area contributed by atoms with Gasteiger partial charge < -0.3 is 11.1 Å². The highest BCUT2D eigenvalue weighted by Crippen LogP contribution is 2.04. The van der Waals surface area contributed by atoms with Gasteiger partial charge in [0, 0.05) is 13.1 Å². The van der Waals surface area contributed by atoms with Crippen molar-refractivity contribution in [2.75, 3.05) is 6.54 Å². The number of rotatable bonds is 5. The van der Waals surface area contributed by atoms with Gasteiger partial charge in [0.05, 0.1) is 11.9 Å². The van der Waals surface area contributed by atoms with Crippen LogP contribution in [0.5, 0.6) is 0 Å². The van der Waals surface area contributed by atoms with Gasteiger partial charge >= 0.3 is 0 Å². The predicted molar refractivity (Wildman–Crippen MR) is 60.5 cm³/mol. The molecule has 0 fully saturated rings. The number of carbonyl (C=O) groups excluding carboxylic acids is 1. The molecule has 0 saturated heterocycles. The monoisotopic (exact) mass is 225 g/mol. The number of amides is 1. The van der Waals surface area contributed by atoms with E-state index in [0.29, 0.717) is 24.7 Å². The average Bonchev–Trinajstić information content (AvgIpc) is 2.73. The van der Waals surface area contributed by atoms with Crippen LogP contribution in [0.25, 0.3) is 0 Å². The molecule has 0 aliphatic carbocycles. The minimum Gasteiger partial charge on any atom is -0.354 e. The molecule has 16 heavy (non-hydrogen) atoms. The molecule has 1 unspecified atom stereocenters. The van der Waals surface area contributed by atoms with Gasteiger partial charge in [0.2, 0.25) is 5.91 Å². The third-order valence-electron chi connectivity index (χ3n) is 2.23. The molecule has 1 aromatic rings. The van der Waals surface area contributed by atoms with Crippen molar-refractivity contribution in [3.8, 4) is 0 Å². The van der Waals surface area contributed by atoms with Crippen LogP contribution in [0.4, 0.5) is 0 Å². The lowest BCUT2D eigenvalue weighted by Crippen LogP contribution is -2.33. The number of nitrogens with one attached hydrogen (secondary N) is 1. The summed E-state index contributed by atoms with van der Waals surface area (Å²) in [5, 5.41) is 10.6. The Hall–Kier alpha value is -1.43. The molecule has 0 radical (unpaired) electrons. The van der Waals surface area contributed by atoms with E-state index in [0.717, 1.165) is 0 Å². The fraction of sp³-hybridized carbons (Fsp3) is 0.700. The van der Waals surface area contributed by atoms with Crippen molar-refractivity contribution in [3.63, 3.8) is 0 Å². The Morgan fingerprint density at radius 3 is 2.75 bits per heavy atom. The normalized spacial score (nSPS) is 12.8. The summed E-state index contributed by atoms with van der Waals surface area (Å²) in [7, 11) is 0. The molecule has 1 aromatic heterocycles. The Morgan fingerprint density at radius 2 is 2.25 bits per heavy atom. The second kappa shape index (κ2) is 5.60. The maximum Gasteiger partial charge on any atom is 0.244 e. The molecule has 0 aromatic carbocycles. The SMILES string of the molecule is CC(C)CNC(=O)C(C)n1cc(CN)nn1. The lowest BCUT2D eigenvalue weighted by Gasteiger charge is -2.13. The maximum absolute atomic E-state index is 11.7. The summed E-state index contributed by atoms with van der Waals surface area (Å²) < 4.78 is 1.53. The summed E-state index contributed by atoms with van der Waals surface area (Å²) in [5.74, 6) is 0.383. The van der Waals surface area contributed by atoms with E-state index in [4.69, 9.17) is 5.73 Å². The zero-order valence-corrected chi connectivity index (χ0v) is 9.97. The van der Waals surface area contributed by atoms with E-state index in [1.807, 2.05) is 13.8 Å². The van der Waals surface area contributed by atoms with Crippen LogP contribution < -0.4 is 11.1 Å². The molecule has 1 rings (SSSR count). The van der Waals surface area contributed by atoms with Crippen molar-refractivity contribution in [2.24, 2.45) is 11.7 Å². The second-order valence-corrected chi connectivity index (χ2v) is 4.21. The Balaban J connectivity index is 2.56. The van der Waals surface area contributed by atoms with Crippen molar-refractivity contribution < 1.29 is 4.79 Å². The van der Waals surface area contributed by atoms with E-state index in [1.54, 1.807) is 13.1 Å². The molecule has 1 amide bonds. The van der Waals surface area contributed by atoms with Gasteiger partial charge in [0.25, 0.3) is 0 Å². The highest BCUT2D eigenvalue weighted by molar-refractivity contribution is 5.79.